The van der Waals surface area contributed by atoms with E-state index in [2.05, 4.69) is 5.32 Å². The van der Waals surface area contributed by atoms with Gasteiger partial charge in [0.2, 0.25) is 15.6 Å². The quantitative estimate of drug-likeness (QED) is 0.295. The number of carbonyl (C=O) groups is 1. The lowest BCUT2D eigenvalue weighted by Gasteiger charge is -2.13. The highest BCUT2D eigenvalue weighted by Crippen LogP contribution is 2.44. The maximum atomic E-state index is 13.8. The standard InChI is InChI=1S/C27H26N2O4S2/c1-16-11-13-21(14-12-16)35(31,32)26-22(28)25(24(30)19-9-6-10-20(15-19)33-4)34-27(26)29-23-17(2)7-5-8-18(23)3/h5-15,29H,28H2,1-4H3. The van der Waals surface area contributed by atoms with Gasteiger partial charge in [-0.05, 0) is 56.2 Å². The van der Waals surface area contributed by atoms with Crippen LogP contribution in [0, 0.1) is 20.8 Å². The Labute approximate surface area is 209 Å². The number of anilines is 3. The highest BCUT2D eigenvalue weighted by Gasteiger charge is 2.32. The summed E-state index contributed by atoms with van der Waals surface area (Å²) >= 11 is 1.03. The number of aryl methyl sites for hydroxylation is 3. The number of rotatable bonds is 7. The Kier molecular flexibility index (Phi) is 6.69. The van der Waals surface area contributed by atoms with Crippen LogP contribution in [0.2, 0.25) is 0 Å². The van der Waals surface area contributed by atoms with Gasteiger partial charge in [0.25, 0.3) is 0 Å². The van der Waals surface area contributed by atoms with Crippen molar-refractivity contribution in [2.45, 2.75) is 30.6 Å². The van der Waals surface area contributed by atoms with Crippen molar-refractivity contribution < 1.29 is 17.9 Å². The van der Waals surface area contributed by atoms with Gasteiger partial charge in [-0.25, -0.2) is 8.42 Å². The van der Waals surface area contributed by atoms with Gasteiger partial charge in [0.05, 0.1) is 17.7 Å². The zero-order chi connectivity index (χ0) is 25.3. The van der Waals surface area contributed by atoms with Crippen LogP contribution in [0.15, 0.2) is 76.5 Å². The molecule has 4 aromatic rings. The summed E-state index contributed by atoms with van der Waals surface area (Å²) in [4.78, 5) is 13.6. The van der Waals surface area contributed by atoms with Crippen LogP contribution in [-0.4, -0.2) is 21.3 Å². The monoisotopic (exact) mass is 506 g/mol. The summed E-state index contributed by atoms with van der Waals surface area (Å²) in [7, 11) is -2.51. The molecular weight excluding hydrogens is 480 g/mol. The zero-order valence-electron chi connectivity index (χ0n) is 19.9. The number of thiophene rings is 1. The van der Waals surface area contributed by atoms with Gasteiger partial charge in [0.1, 0.15) is 20.5 Å². The second-order valence-corrected chi connectivity index (χ2v) is 11.2. The van der Waals surface area contributed by atoms with Crippen molar-refractivity contribution in [3.05, 3.63) is 93.9 Å². The summed E-state index contributed by atoms with van der Waals surface area (Å²) in [6.45, 7) is 5.75. The number of methoxy groups -OCH3 is 1. The first-order chi connectivity index (χ1) is 16.6. The van der Waals surface area contributed by atoms with Gasteiger partial charge < -0.3 is 15.8 Å². The van der Waals surface area contributed by atoms with Crippen LogP contribution >= 0.6 is 11.3 Å². The van der Waals surface area contributed by atoms with Gasteiger partial charge in [0, 0.05) is 11.3 Å². The van der Waals surface area contributed by atoms with E-state index in [1.807, 2.05) is 39.0 Å². The highest BCUT2D eigenvalue weighted by molar-refractivity contribution is 7.92. The predicted octanol–water partition coefficient (Wildman–Crippen LogP) is 6.07. The van der Waals surface area contributed by atoms with E-state index in [9.17, 15) is 13.2 Å². The van der Waals surface area contributed by atoms with Crippen molar-refractivity contribution in [3.8, 4) is 5.75 Å². The molecule has 0 aliphatic carbocycles. The summed E-state index contributed by atoms with van der Waals surface area (Å²) in [5, 5.41) is 3.57. The fraction of sp³-hybridized carbons (Fsp3) is 0.148. The highest BCUT2D eigenvalue weighted by atomic mass is 32.2. The number of nitrogens with one attached hydrogen (secondary N) is 1. The summed E-state index contributed by atoms with van der Waals surface area (Å²) < 4.78 is 32.8. The van der Waals surface area contributed by atoms with Crippen molar-refractivity contribution in [3.63, 3.8) is 0 Å². The Hall–Kier alpha value is -3.62. The van der Waals surface area contributed by atoms with E-state index in [0.29, 0.717) is 16.3 Å². The number of carbonyl (C=O) groups excluding carboxylic acids is 1. The average Bonchev–Trinajstić information content (AvgIpc) is 3.17. The molecule has 0 bridgehead atoms. The summed E-state index contributed by atoms with van der Waals surface area (Å²) in [5.74, 6) is 0.147. The molecule has 3 N–H and O–H groups in total. The van der Waals surface area contributed by atoms with E-state index in [0.717, 1.165) is 33.7 Å². The van der Waals surface area contributed by atoms with Crippen LogP contribution in [0.4, 0.5) is 16.4 Å². The molecule has 0 radical (unpaired) electrons. The van der Waals surface area contributed by atoms with E-state index in [1.165, 1.54) is 7.11 Å². The Balaban J connectivity index is 1.92. The first-order valence-electron chi connectivity index (χ1n) is 10.9. The second kappa shape index (κ2) is 9.56. The SMILES string of the molecule is COc1cccc(C(=O)c2sc(Nc3c(C)cccc3C)c(S(=O)(=O)c3ccc(C)cc3)c2N)c1. The molecule has 4 rings (SSSR count). The lowest BCUT2D eigenvalue weighted by Crippen LogP contribution is -2.09. The Morgan fingerprint density at radius 2 is 1.57 bits per heavy atom. The van der Waals surface area contributed by atoms with Crippen molar-refractivity contribution in [2.24, 2.45) is 0 Å². The van der Waals surface area contributed by atoms with Crippen molar-refractivity contribution in [2.75, 3.05) is 18.2 Å². The van der Waals surface area contributed by atoms with E-state index in [4.69, 9.17) is 10.5 Å². The second-order valence-electron chi connectivity index (χ2n) is 8.27. The molecule has 1 aromatic heterocycles. The summed E-state index contributed by atoms with van der Waals surface area (Å²) in [6.07, 6.45) is 0. The van der Waals surface area contributed by atoms with Gasteiger partial charge in [-0.2, -0.15) is 0 Å². The third-order valence-corrected chi connectivity index (χ3v) is 8.86. The van der Waals surface area contributed by atoms with Gasteiger partial charge in [-0.1, -0.05) is 48.0 Å². The third-order valence-electron chi connectivity index (χ3n) is 5.76. The Morgan fingerprint density at radius 1 is 0.943 bits per heavy atom. The van der Waals surface area contributed by atoms with Gasteiger partial charge in [-0.3, -0.25) is 4.79 Å². The summed E-state index contributed by atoms with van der Waals surface area (Å²) in [6, 6.07) is 19.1. The third kappa shape index (κ3) is 4.67. The van der Waals surface area contributed by atoms with Crippen LogP contribution in [0.25, 0.3) is 0 Å². The van der Waals surface area contributed by atoms with Crippen LogP contribution < -0.4 is 15.8 Å². The number of nitrogens with two attached hydrogens (primary N) is 1. The minimum atomic E-state index is -4.02. The minimum Gasteiger partial charge on any atom is -0.497 e. The molecule has 0 saturated carbocycles. The molecule has 35 heavy (non-hydrogen) atoms. The molecule has 6 nitrogen and oxygen atoms in total. The largest absolute Gasteiger partial charge is 0.497 e. The molecule has 0 spiro atoms. The van der Waals surface area contributed by atoms with Crippen molar-refractivity contribution in [1.82, 2.24) is 0 Å². The normalized spacial score (nSPS) is 11.3. The van der Waals surface area contributed by atoms with E-state index in [1.54, 1.807) is 48.5 Å². The molecule has 0 amide bonds. The maximum absolute atomic E-state index is 13.8. The molecule has 0 aliphatic heterocycles. The van der Waals surface area contributed by atoms with E-state index < -0.39 is 9.84 Å². The Bertz CT molecular complexity index is 1500. The molecule has 0 aliphatic rings. The van der Waals surface area contributed by atoms with Crippen molar-refractivity contribution >= 4 is 43.3 Å². The van der Waals surface area contributed by atoms with Crippen LogP contribution in [0.1, 0.15) is 31.9 Å². The number of nitrogen functional groups attached to an aromatic ring is 1. The molecule has 0 fully saturated rings. The molecule has 1 heterocycles. The van der Waals surface area contributed by atoms with Gasteiger partial charge in [-0.15, -0.1) is 11.3 Å². The van der Waals surface area contributed by atoms with Crippen LogP contribution in [-0.2, 0) is 9.84 Å². The molecule has 0 atom stereocenters. The van der Waals surface area contributed by atoms with Crippen LogP contribution in [0.3, 0.4) is 0 Å². The smallest absolute Gasteiger partial charge is 0.211 e. The molecule has 3 aromatic carbocycles. The average molecular weight is 507 g/mol. The lowest BCUT2D eigenvalue weighted by atomic mass is 10.1. The summed E-state index contributed by atoms with van der Waals surface area (Å²) in [5.41, 5.74) is 10.3. The minimum absolute atomic E-state index is 0.0721. The van der Waals surface area contributed by atoms with Gasteiger partial charge in [0.15, 0.2) is 0 Å². The van der Waals surface area contributed by atoms with Crippen molar-refractivity contribution in [1.29, 1.82) is 0 Å². The van der Waals surface area contributed by atoms with E-state index in [-0.39, 0.29) is 26.1 Å². The fourth-order valence-corrected chi connectivity index (χ4v) is 6.72. The topological polar surface area (TPSA) is 98.5 Å². The number of ketones is 1. The zero-order valence-corrected chi connectivity index (χ0v) is 21.5. The number of hydrogen-bond donors (Lipinski definition) is 2. The number of ether oxygens (including phenoxy) is 1. The van der Waals surface area contributed by atoms with Crippen LogP contribution in [0.5, 0.6) is 5.75 Å². The molecule has 8 heteroatoms. The lowest BCUT2D eigenvalue weighted by molar-refractivity contribution is 0.104. The molecule has 0 unspecified atom stereocenters. The first kappa shape index (κ1) is 24.5. The number of benzene rings is 3. The number of hydrogen-bond acceptors (Lipinski definition) is 7. The van der Waals surface area contributed by atoms with Gasteiger partial charge >= 0.3 is 0 Å². The van der Waals surface area contributed by atoms with E-state index >= 15 is 0 Å². The predicted molar refractivity (Wildman–Crippen MR) is 141 cm³/mol. The molecule has 180 valence electrons. The maximum Gasteiger partial charge on any atom is 0.211 e. The number of sulfone groups is 1. The Morgan fingerprint density at radius 3 is 2.20 bits per heavy atom. The first-order valence-corrected chi connectivity index (χ1v) is 13.2. The molecular formula is C27H26N2O4S2. The molecule has 0 saturated heterocycles. The fourth-order valence-electron chi connectivity index (χ4n) is 3.80. The number of para-hydroxylation sites is 1.